The summed E-state index contributed by atoms with van der Waals surface area (Å²) >= 11 is 1.52. The third-order valence-corrected chi connectivity index (χ3v) is 4.02. The lowest BCUT2D eigenvalue weighted by molar-refractivity contribution is 0.475. The number of rotatable bonds is 3. The first-order chi connectivity index (χ1) is 10.8. The van der Waals surface area contributed by atoms with Gasteiger partial charge in [0.1, 0.15) is 16.8 Å². The van der Waals surface area contributed by atoms with Crippen LogP contribution in [0.1, 0.15) is 11.3 Å². The van der Waals surface area contributed by atoms with E-state index in [1.54, 1.807) is 30.3 Å². The summed E-state index contributed by atoms with van der Waals surface area (Å²) in [5.74, 6) is 0.204. The minimum Gasteiger partial charge on any atom is -0.508 e. The fourth-order valence-electron chi connectivity index (χ4n) is 2.01. The second kappa shape index (κ2) is 6.25. The monoisotopic (exact) mass is 304 g/mol. The van der Waals surface area contributed by atoms with Crippen molar-refractivity contribution in [2.45, 2.75) is 0 Å². The Morgan fingerprint density at radius 2 is 1.82 bits per heavy atom. The standard InChI is InChI=1S/C18H12N2OS/c19-11-15(10-13-6-8-16(21)9-7-13)17-12-22-18(20-17)14-4-2-1-3-5-14/h1-10,12,21H/b15-10+. The van der Waals surface area contributed by atoms with Crippen molar-refractivity contribution in [3.8, 4) is 22.4 Å². The second-order valence-electron chi connectivity index (χ2n) is 4.67. The highest BCUT2D eigenvalue weighted by atomic mass is 32.1. The fraction of sp³-hybridized carbons (Fsp3) is 0. The molecule has 3 nitrogen and oxygen atoms in total. The Kier molecular flexibility index (Phi) is 3.99. The first kappa shape index (κ1) is 14.1. The maximum absolute atomic E-state index is 9.37. The Labute approximate surface area is 132 Å². The molecule has 0 atom stereocenters. The summed E-state index contributed by atoms with van der Waals surface area (Å²) in [5, 5.41) is 21.4. The number of aromatic hydroxyl groups is 1. The van der Waals surface area contributed by atoms with Crippen LogP contribution in [0.15, 0.2) is 60.0 Å². The number of aromatic nitrogens is 1. The van der Waals surface area contributed by atoms with Crippen molar-refractivity contribution in [2.24, 2.45) is 0 Å². The SMILES string of the molecule is N#C/C(=C\c1ccc(O)cc1)c1csc(-c2ccccc2)n1. The zero-order valence-electron chi connectivity index (χ0n) is 11.6. The Morgan fingerprint density at radius 3 is 2.50 bits per heavy atom. The van der Waals surface area contributed by atoms with Gasteiger partial charge in [0, 0.05) is 10.9 Å². The second-order valence-corrected chi connectivity index (χ2v) is 5.52. The summed E-state index contributed by atoms with van der Waals surface area (Å²) in [6.45, 7) is 0. The molecule has 3 rings (SSSR count). The smallest absolute Gasteiger partial charge is 0.124 e. The number of hydrogen-bond acceptors (Lipinski definition) is 4. The Hall–Kier alpha value is -2.90. The van der Waals surface area contributed by atoms with Crippen LogP contribution >= 0.6 is 11.3 Å². The summed E-state index contributed by atoms with van der Waals surface area (Å²) in [5.41, 5.74) is 3.06. The van der Waals surface area contributed by atoms with Gasteiger partial charge in [0.15, 0.2) is 0 Å². The average molecular weight is 304 g/mol. The van der Waals surface area contributed by atoms with Gasteiger partial charge in [0.2, 0.25) is 0 Å². The van der Waals surface area contributed by atoms with Crippen LogP contribution in [0.3, 0.4) is 0 Å². The van der Waals surface area contributed by atoms with Gasteiger partial charge in [-0.25, -0.2) is 4.98 Å². The molecule has 0 aliphatic carbocycles. The molecule has 3 aromatic rings. The van der Waals surface area contributed by atoms with E-state index in [1.807, 2.05) is 35.7 Å². The van der Waals surface area contributed by atoms with Gasteiger partial charge in [-0.15, -0.1) is 11.3 Å². The van der Waals surface area contributed by atoms with Crippen LogP contribution in [0, 0.1) is 11.3 Å². The maximum atomic E-state index is 9.37. The van der Waals surface area contributed by atoms with E-state index >= 15 is 0 Å². The Morgan fingerprint density at radius 1 is 1.09 bits per heavy atom. The molecule has 0 aliphatic heterocycles. The highest BCUT2D eigenvalue weighted by molar-refractivity contribution is 7.13. The molecule has 0 unspecified atom stereocenters. The zero-order valence-corrected chi connectivity index (χ0v) is 12.4. The molecule has 106 valence electrons. The van der Waals surface area contributed by atoms with E-state index in [9.17, 15) is 10.4 Å². The largest absolute Gasteiger partial charge is 0.508 e. The number of nitrogens with zero attached hydrogens (tertiary/aromatic N) is 2. The minimum atomic E-state index is 0.204. The number of nitriles is 1. The molecule has 1 heterocycles. The summed E-state index contributed by atoms with van der Waals surface area (Å²) < 4.78 is 0. The average Bonchev–Trinajstić information content (AvgIpc) is 3.05. The van der Waals surface area contributed by atoms with E-state index in [0.717, 1.165) is 16.1 Å². The molecule has 4 heteroatoms. The van der Waals surface area contributed by atoms with E-state index in [1.165, 1.54) is 11.3 Å². The van der Waals surface area contributed by atoms with E-state index in [-0.39, 0.29) is 5.75 Å². The van der Waals surface area contributed by atoms with E-state index < -0.39 is 0 Å². The molecule has 0 bridgehead atoms. The fourth-order valence-corrected chi connectivity index (χ4v) is 2.84. The highest BCUT2D eigenvalue weighted by Crippen LogP contribution is 2.27. The van der Waals surface area contributed by atoms with Gasteiger partial charge < -0.3 is 5.11 Å². The summed E-state index contributed by atoms with van der Waals surface area (Å²) in [6, 6.07) is 18.8. The summed E-state index contributed by atoms with van der Waals surface area (Å²) in [7, 11) is 0. The van der Waals surface area contributed by atoms with Crippen molar-refractivity contribution in [3.05, 3.63) is 71.2 Å². The zero-order chi connectivity index (χ0) is 15.4. The first-order valence-corrected chi connectivity index (χ1v) is 7.56. The normalized spacial score (nSPS) is 11.1. The lowest BCUT2D eigenvalue weighted by Crippen LogP contribution is -1.83. The van der Waals surface area contributed by atoms with E-state index in [0.29, 0.717) is 11.3 Å². The molecule has 22 heavy (non-hydrogen) atoms. The summed E-state index contributed by atoms with van der Waals surface area (Å²) in [6.07, 6.45) is 1.77. The van der Waals surface area contributed by atoms with Crippen molar-refractivity contribution >= 4 is 23.0 Å². The van der Waals surface area contributed by atoms with Crippen LogP contribution in [-0.2, 0) is 0 Å². The molecule has 1 aromatic heterocycles. The third-order valence-electron chi connectivity index (χ3n) is 3.13. The number of phenols is 1. The van der Waals surface area contributed by atoms with E-state index in [2.05, 4.69) is 11.1 Å². The van der Waals surface area contributed by atoms with Crippen molar-refractivity contribution in [1.82, 2.24) is 4.98 Å². The molecule has 0 aliphatic rings. The number of phenolic OH excluding ortho intramolecular Hbond substituents is 1. The van der Waals surface area contributed by atoms with Crippen molar-refractivity contribution in [2.75, 3.05) is 0 Å². The molecule has 1 N–H and O–H groups in total. The van der Waals surface area contributed by atoms with Crippen molar-refractivity contribution in [1.29, 1.82) is 5.26 Å². The van der Waals surface area contributed by atoms with Crippen LogP contribution in [0.5, 0.6) is 5.75 Å². The van der Waals surface area contributed by atoms with Gasteiger partial charge in [-0.1, -0.05) is 42.5 Å². The first-order valence-electron chi connectivity index (χ1n) is 6.68. The Balaban J connectivity index is 1.94. The van der Waals surface area contributed by atoms with Crippen LogP contribution in [0.25, 0.3) is 22.2 Å². The topological polar surface area (TPSA) is 56.9 Å². The van der Waals surface area contributed by atoms with Gasteiger partial charge in [-0.3, -0.25) is 0 Å². The molecule has 0 radical (unpaired) electrons. The van der Waals surface area contributed by atoms with Gasteiger partial charge in [0.25, 0.3) is 0 Å². The van der Waals surface area contributed by atoms with Crippen LogP contribution < -0.4 is 0 Å². The quantitative estimate of drug-likeness (QED) is 0.720. The predicted octanol–water partition coefficient (Wildman–Crippen LogP) is 4.58. The lowest BCUT2D eigenvalue weighted by atomic mass is 10.1. The van der Waals surface area contributed by atoms with Crippen LogP contribution in [0.2, 0.25) is 0 Å². The lowest BCUT2D eigenvalue weighted by Gasteiger charge is -1.97. The van der Waals surface area contributed by atoms with Crippen molar-refractivity contribution < 1.29 is 5.11 Å². The van der Waals surface area contributed by atoms with Crippen LogP contribution in [0.4, 0.5) is 0 Å². The highest BCUT2D eigenvalue weighted by Gasteiger charge is 2.08. The summed E-state index contributed by atoms with van der Waals surface area (Å²) in [4.78, 5) is 4.54. The third kappa shape index (κ3) is 3.05. The molecular formula is C18H12N2OS. The molecule has 2 aromatic carbocycles. The number of benzene rings is 2. The Bertz CT molecular complexity index is 843. The van der Waals surface area contributed by atoms with Crippen LogP contribution in [-0.4, -0.2) is 10.1 Å². The minimum absolute atomic E-state index is 0.204. The predicted molar refractivity (Wildman–Crippen MR) is 89.1 cm³/mol. The molecule has 0 amide bonds. The van der Waals surface area contributed by atoms with Gasteiger partial charge >= 0.3 is 0 Å². The number of hydrogen-bond donors (Lipinski definition) is 1. The van der Waals surface area contributed by atoms with E-state index in [4.69, 9.17) is 0 Å². The van der Waals surface area contributed by atoms with Gasteiger partial charge in [-0.2, -0.15) is 5.26 Å². The number of allylic oxidation sites excluding steroid dienone is 1. The van der Waals surface area contributed by atoms with Gasteiger partial charge in [-0.05, 0) is 23.8 Å². The molecule has 0 saturated carbocycles. The molecule has 0 spiro atoms. The molecule has 0 fully saturated rings. The van der Waals surface area contributed by atoms with Crippen molar-refractivity contribution in [3.63, 3.8) is 0 Å². The molecule has 0 saturated heterocycles. The number of thiazole rings is 1. The molecular weight excluding hydrogens is 292 g/mol. The maximum Gasteiger partial charge on any atom is 0.124 e. The van der Waals surface area contributed by atoms with Gasteiger partial charge in [0.05, 0.1) is 11.3 Å².